The predicted octanol–water partition coefficient (Wildman–Crippen LogP) is 10.4. The lowest BCUT2D eigenvalue weighted by Gasteiger charge is -2.20. The third-order valence-corrected chi connectivity index (χ3v) is 8.34. The van der Waals surface area contributed by atoms with E-state index in [9.17, 15) is 5.48 Å². The number of nitrogens with zero attached hydrogens (tertiary/aromatic N) is 2. The van der Waals surface area contributed by atoms with E-state index in [0.29, 0.717) is 34.4 Å². The van der Waals surface area contributed by atoms with Gasteiger partial charge in [0.25, 0.3) is 0 Å². The van der Waals surface area contributed by atoms with E-state index < -0.39 is 24.2 Å². The first-order chi connectivity index (χ1) is 23.6. The number of hydrogen-bond donors (Lipinski definition) is 0. The second-order valence-electron chi connectivity index (χ2n) is 10.4. The highest BCUT2D eigenvalue weighted by atomic mass is 15.1. The van der Waals surface area contributed by atoms with Crippen LogP contribution in [0, 0.1) is 0 Å². The van der Waals surface area contributed by atoms with Gasteiger partial charge in [-0.1, -0.05) is 122 Å². The van der Waals surface area contributed by atoms with Gasteiger partial charge in [0.15, 0.2) is 0 Å². The van der Waals surface area contributed by atoms with Crippen molar-refractivity contribution >= 4 is 43.4 Å². The molecule has 0 radical (unpaired) electrons. The highest BCUT2D eigenvalue weighted by molar-refractivity contribution is 6.25. The van der Waals surface area contributed by atoms with Crippen LogP contribution in [0.25, 0.3) is 82.4 Å². The number of rotatable bonds is 3. The van der Waals surface area contributed by atoms with Crippen LogP contribution in [0.1, 0.15) is 23.7 Å². The fourth-order valence-corrected chi connectivity index (χ4v) is 6.69. The van der Waals surface area contributed by atoms with Gasteiger partial charge < -0.3 is 0 Å². The second kappa shape index (κ2) is 8.39. The summed E-state index contributed by atoms with van der Waals surface area (Å²) in [4.78, 5) is 4.85. The number of benzene rings is 7. The van der Waals surface area contributed by atoms with Crippen LogP contribution in [-0.2, 0) is 6.42 Å². The maximum atomic E-state index is 9.40. The minimum Gasteiger partial charge on any atom is -0.295 e. The number of aryl methyl sites for hydroxylation is 1. The number of para-hydroxylation sites is 2. The molecule has 2 nitrogen and oxygen atoms in total. The molecule has 0 saturated heterocycles. The van der Waals surface area contributed by atoms with Crippen molar-refractivity contribution in [2.75, 3.05) is 0 Å². The zero-order chi connectivity index (χ0) is 34.0. The number of fused-ring (bicyclic) bond motifs is 6. The Morgan fingerprint density at radius 3 is 1.88 bits per heavy atom. The van der Waals surface area contributed by atoms with Crippen LogP contribution in [-0.4, -0.2) is 9.55 Å². The summed E-state index contributed by atoms with van der Waals surface area (Å²) in [5.41, 5.74) is 6.81. The summed E-state index contributed by atoms with van der Waals surface area (Å²) < 4.78 is 74.6. The highest BCUT2D eigenvalue weighted by Gasteiger charge is 2.25. The summed E-state index contributed by atoms with van der Waals surface area (Å²) >= 11 is 0. The second-order valence-corrected chi connectivity index (χ2v) is 10.4. The molecule has 1 aliphatic rings. The van der Waals surface area contributed by atoms with Gasteiger partial charge in [-0.3, -0.25) is 4.57 Å². The Morgan fingerprint density at radius 2 is 1.17 bits per heavy atom. The van der Waals surface area contributed by atoms with E-state index in [1.807, 2.05) is 72.2 Å². The molecule has 1 aromatic heterocycles. The lowest BCUT2D eigenvalue weighted by atomic mass is 9.87. The molecule has 0 N–H and O–H groups in total. The summed E-state index contributed by atoms with van der Waals surface area (Å²) in [6.45, 7) is 1.94. The highest BCUT2D eigenvalue weighted by Crippen LogP contribution is 2.51. The van der Waals surface area contributed by atoms with Gasteiger partial charge in [-0.05, 0) is 67.1 Å². The largest absolute Gasteiger partial charge is 0.295 e. The summed E-state index contributed by atoms with van der Waals surface area (Å²) in [6, 6.07) is 22.7. The van der Waals surface area contributed by atoms with Crippen LogP contribution < -0.4 is 0 Å². The van der Waals surface area contributed by atoms with Crippen LogP contribution in [0.3, 0.4) is 0 Å². The molecule has 0 saturated carbocycles. The quantitative estimate of drug-likeness (QED) is 0.208. The van der Waals surface area contributed by atoms with Gasteiger partial charge in [-0.25, -0.2) is 4.98 Å². The van der Waals surface area contributed by atoms with Gasteiger partial charge in [-0.2, -0.15) is 0 Å². The van der Waals surface area contributed by atoms with Crippen LogP contribution in [0.2, 0.25) is 0 Å². The molecule has 41 heavy (non-hydrogen) atoms. The molecule has 0 unspecified atom stereocenters. The summed E-state index contributed by atoms with van der Waals surface area (Å²) in [5, 5.41) is 2.53. The molecular weight excluding hydrogens is 496 g/mol. The van der Waals surface area contributed by atoms with Gasteiger partial charge in [0.2, 0.25) is 0 Å². The Labute approximate surface area is 249 Å². The van der Waals surface area contributed by atoms with Crippen molar-refractivity contribution in [3.05, 3.63) is 133 Å². The van der Waals surface area contributed by atoms with Gasteiger partial charge >= 0.3 is 0 Å². The Hall–Kier alpha value is -5.21. The van der Waals surface area contributed by atoms with E-state index in [-0.39, 0.29) is 51.4 Å². The molecule has 0 aliphatic heterocycles. The van der Waals surface area contributed by atoms with E-state index >= 15 is 0 Å². The lowest BCUT2D eigenvalue weighted by Crippen LogP contribution is -2.03. The van der Waals surface area contributed by atoms with Crippen LogP contribution in [0.15, 0.2) is 127 Å². The molecule has 0 spiro atoms. The molecule has 0 amide bonds. The van der Waals surface area contributed by atoms with Crippen LogP contribution in [0.5, 0.6) is 0 Å². The molecule has 2 heteroatoms. The summed E-state index contributed by atoms with van der Waals surface area (Å²) in [5.74, 6) is 0.597. The Morgan fingerprint density at radius 1 is 0.585 bits per heavy atom. The van der Waals surface area contributed by atoms with Gasteiger partial charge in [0.05, 0.1) is 27.7 Å². The molecule has 0 atom stereocenters. The van der Waals surface area contributed by atoms with Gasteiger partial charge in [0.1, 0.15) is 5.82 Å². The Bertz CT molecular complexity index is 2690. The molecule has 8 aromatic rings. The minimum atomic E-state index is -0.428. The van der Waals surface area contributed by atoms with E-state index in [1.165, 1.54) is 0 Å². The monoisotopic (exact) mass is 530 g/mol. The Kier molecular flexibility index (Phi) is 3.31. The standard InChI is InChI=1S/C39H26N2/c1-2-36-40-34-20-9-10-21-35(34)41(36)39-32-16-7-5-14-28(32)38(29-15-6-8-17-33(29)39)31-23-22-30-25-13-4-3-12-24(25)26-18-11-19-27(31)37(26)30/h3-23H,2H2,1H3/i5D,6D,7D,8D,14D,15D,16D,17D. The first-order valence-electron chi connectivity index (χ1n) is 17.7. The van der Waals surface area contributed by atoms with Crippen molar-refractivity contribution in [1.82, 2.24) is 9.55 Å². The SMILES string of the molecule is [2H]c1c([2H])c([2H])c2c(-n3c(CC)nc4ccccc43)c3c([2H])c([2H])c([2H])c([2H])c3c(-c3ccc4c5c(cccc35)-c3ccccc3-4)c2c1[2H]. The average molecular weight is 531 g/mol. The summed E-state index contributed by atoms with van der Waals surface area (Å²) in [7, 11) is 0. The average Bonchev–Trinajstić information content (AvgIpc) is 3.67. The predicted molar refractivity (Wildman–Crippen MR) is 173 cm³/mol. The van der Waals surface area contributed by atoms with Crippen LogP contribution >= 0.6 is 0 Å². The van der Waals surface area contributed by atoms with Gasteiger partial charge in [0, 0.05) is 17.2 Å². The van der Waals surface area contributed by atoms with Crippen molar-refractivity contribution in [3.63, 3.8) is 0 Å². The van der Waals surface area contributed by atoms with Crippen molar-refractivity contribution in [3.8, 4) is 39.1 Å². The molecule has 7 aromatic carbocycles. The fourth-order valence-electron chi connectivity index (χ4n) is 6.69. The molecule has 1 aliphatic carbocycles. The number of aromatic nitrogens is 2. The van der Waals surface area contributed by atoms with Gasteiger partial charge in [-0.15, -0.1) is 0 Å². The van der Waals surface area contributed by atoms with E-state index in [2.05, 4.69) is 18.2 Å². The first kappa shape index (κ1) is 16.2. The zero-order valence-electron chi connectivity index (χ0n) is 30.1. The smallest absolute Gasteiger partial charge is 0.114 e. The van der Waals surface area contributed by atoms with E-state index in [1.54, 1.807) is 0 Å². The fraction of sp³-hybridized carbons (Fsp3) is 0.0513. The third-order valence-electron chi connectivity index (χ3n) is 8.34. The molecule has 0 fully saturated rings. The van der Waals surface area contributed by atoms with Crippen molar-refractivity contribution in [2.45, 2.75) is 13.3 Å². The zero-order valence-corrected chi connectivity index (χ0v) is 22.1. The van der Waals surface area contributed by atoms with Crippen molar-refractivity contribution in [2.24, 2.45) is 0 Å². The topological polar surface area (TPSA) is 17.8 Å². The minimum absolute atomic E-state index is 0.169. The molecule has 1 heterocycles. The molecular formula is C39H26N2. The maximum absolute atomic E-state index is 9.40. The van der Waals surface area contributed by atoms with Crippen molar-refractivity contribution in [1.29, 1.82) is 0 Å². The lowest BCUT2D eigenvalue weighted by molar-refractivity contribution is 0.917. The van der Waals surface area contributed by atoms with Crippen LogP contribution in [0.4, 0.5) is 0 Å². The Balaban J connectivity index is 1.60. The first-order valence-corrected chi connectivity index (χ1v) is 13.7. The normalized spacial score (nSPS) is 14.9. The molecule has 9 rings (SSSR count). The number of hydrogen-bond acceptors (Lipinski definition) is 1. The maximum Gasteiger partial charge on any atom is 0.114 e. The molecule has 0 bridgehead atoms. The van der Waals surface area contributed by atoms with E-state index in [4.69, 9.17) is 10.5 Å². The third kappa shape index (κ3) is 2.99. The summed E-state index contributed by atoms with van der Waals surface area (Å²) in [6.07, 6.45) is 0.464. The number of imidazole rings is 1. The molecule has 192 valence electrons. The van der Waals surface area contributed by atoms with Crippen molar-refractivity contribution < 1.29 is 11.0 Å². The van der Waals surface area contributed by atoms with E-state index in [0.717, 1.165) is 33.0 Å².